The van der Waals surface area contributed by atoms with Gasteiger partial charge < -0.3 is 0 Å². The van der Waals surface area contributed by atoms with Gasteiger partial charge in [-0.15, -0.1) is 0 Å². The summed E-state index contributed by atoms with van der Waals surface area (Å²) in [4.78, 5) is 14.7. The number of carbonyl (C=O) groups is 1. The molecular weight excluding hydrogens is 138 g/mol. The summed E-state index contributed by atoms with van der Waals surface area (Å²) >= 11 is 0. The number of amides is 1. The molecule has 1 aliphatic heterocycles. The van der Waals surface area contributed by atoms with Gasteiger partial charge >= 0.3 is 0 Å². The summed E-state index contributed by atoms with van der Waals surface area (Å²) in [5, 5.41) is 0. The second-order valence-corrected chi connectivity index (χ2v) is 2.83. The molecule has 1 heterocycles. The third-order valence-corrected chi connectivity index (χ3v) is 1.89. The predicted octanol–water partition coefficient (Wildman–Crippen LogP) is 2.10. The average molecular weight is 151 g/mol. The molecule has 0 aromatic carbocycles. The van der Waals surface area contributed by atoms with Crippen LogP contribution in [-0.2, 0) is 4.79 Å². The third-order valence-electron chi connectivity index (χ3n) is 1.89. The summed E-state index contributed by atoms with van der Waals surface area (Å²) in [6.45, 7) is 4.07. The van der Waals surface area contributed by atoms with Gasteiger partial charge in [-0.2, -0.15) is 0 Å². The van der Waals surface area contributed by atoms with Crippen molar-refractivity contribution in [1.82, 2.24) is 0 Å². The second kappa shape index (κ2) is 3.46. The Kier molecular flexibility index (Phi) is 2.58. The number of carbonyl (C=O) groups excluding carboxylic acids is 1. The lowest BCUT2D eigenvalue weighted by Crippen LogP contribution is -1.95. The van der Waals surface area contributed by atoms with Crippen LogP contribution in [0.2, 0.25) is 0 Å². The first-order valence-electron chi connectivity index (χ1n) is 4.04. The van der Waals surface area contributed by atoms with E-state index in [4.69, 9.17) is 0 Å². The molecule has 2 heteroatoms. The number of hydrogen-bond acceptors (Lipinski definition) is 1. The summed E-state index contributed by atoms with van der Waals surface area (Å²) in [6.07, 6.45) is 4.76. The number of unbranched alkanes of at least 4 members (excludes halogenated alkanes) is 1. The van der Waals surface area contributed by atoms with Crippen molar-refractivity contribution in [3.8, 4) is 0 Å². The van der Waals surface area contributed by atoms with Crippen LogP contribution in [0, 0.1) is 0 Å². The Labute approximate surface area is 67.0 Å². The Morgan fingerprint density at radius 1 is 1.55 bits per heavy atom. The van der Waals surface area contributed by atoms with Crippen LogP contribution < -0.4 is 0 Å². The van der Waals surface area contributed by atoms with E-state index >= 15 is 0 Å². The SMILES string of the molecule is CCCCC1=C(C)C=NC1=O. The van der Waals surface area contributed by atoms with Crippen LogP contribution in [0.15, 0.2) is 16.1 Å². The van der Waals surface area contributed by atoms with Crippen molar-refractivity contribution >= 4 is 12.1 Å². The first-order valence-corrected chi connectivity index (χ1v) is 4.04. The third kappa shape index (κ3) is 1.76. The van der Waals surface area contributed by atoms with Crippen LogP contribution in [0.1, 0.15) is 33.1 Å². The maximum absolute atomic E-state index is 11.0. The quantitative estimate of drug-likeness (QED) is 0.607. The summed E-state index contributed by atoms with van der Waals surface area (Å²) in [5.74, 6) is -0.0315. The molecule has 0 aliphatic carbocycles. The van der Waals surface area contributed by atoms with E-state index in [0.717, 1.165) is 30.4 Å². The molecule has 0 saturated heterocycles. The van der Waals surface area contributed by atoms with Gasteiger partial charge in [0.25, 0.3) is 5.91 Å². The van der Waals surface area contributed by atoms with Crippen LogP contribution in [0.4, 0.5) is 0 Å². The van der Waals surface area contributed by atoms with E-state index in [1.165, 1.54) is 0 Å². The topological polar surface area (TPSA) is 29.4 Å². The summed E-state index contributed by atoms with van der Waals surface area (Å²) in [6, 6.07) is 0. The molecular formula is C9H13NO. The van der Waals surface area contributed by atoms with E-state index in [2.05, 4.69) is 11.9 Å². The lowest BCUT2D eigenvalue weighted by Gasteiger charge is -1.98. The minimum absolute atomic E-state index is 0.0315. The number of nitrogens with zero attached hydrogens (tertiary/aromatic N) is 1. The fourth-order valence-corrected chi connectivity index (χ4v) is 1.14. The Hall–Kier alpha value is -0.920. The molecule has 0 aromatic heterocycles. The zero-order chi connectivity index (χ0) is 8.27. The molecule has 0 bridgehead atoms. The van der Waals surface area contributed by atoms with Gasteiger partial charge in [0.15, 0.2) is 0 Å². The lowest BCUT2D eigenvalue weighted by atomic mass is 10.1. The fourth-order valence-electron chi connectivity index (χ4n) is 1.14. The molecule has 1 amide bonds. The first-order chi connectivity index (χ1) is 5.25. The van der Waals surface area contributed by atoms with E-state index in [1.54, 1.807) is 6.21 Å². The zero-order valence-corrected chi connectivity index (χ0v) is 7.05. The highest BCUT2D eigenvalue weighted by atomic mass is 16.1. The molecule has 0 fully saturated rings. The maximum atomic E-state index is 11.0. The molecule has 0 spiro atoms. The average Bonchev–Trinajstić information content (AvgIpc) is 2.29. The van der Waals surface area contributed by atoms with Gasteiger partial charge in [0.1, 0.15) is 0 Å². The zero-order valence-electron chi connectivity index (χ0n) is 7.05. The van der Waals surface area contributed by atoms with E-state index < -0.39 is 0 Å². The van der Waals surface area contributed by atoms with Gasteiger partial charge in [0, 0.05) is 11.8 Å². The Morgan fingerprint density at radius 2 is 2.27 bits per heavy atom. The van der Waals surface area contributed by atoms with Crippen molar-refractivity contribution in [3.05, 3.63) is 11.1 Å². The molecule has 0 saturated carbocycles. The molecule has 0 aromatic rings. The number of hydrogen-bond donors (Lipinski definition) is 0. The van der Waals surface area contributed by atoms with Gasteiger partial charge in [-0.3, -0.25) is 4.79 Å². The van der Waals surface area contributed by atoms with E-state index in [-0.39, 0.29) is 5.91 Å². The highest BCUT2D eigenvalue weighted by Crippen LogP contribution is 2.17. The van der Waals surface area contributed by atoms with Gasteiger partial charge in [-0.05, 0) is 25.3 Å². The lowest BCUT2D eigenvalue weighted by molar-refractivity contribution is -0.114. The van der Waals surface area contributed by atoms with Crippen LogP contribution >= 0.6 is 0 Å². The van der Waals surface area contributed by atoms with Crippen molar-refractivity contribution < 1.29 is 4.79 Å². The fraction of sp³-hybridized carbons (Fsp3) is 0.556. The molecule has 1 aliphatic rings. The Morgan fingerprint density at radius 3 is 2.73 bits per heavy atom. The van der Waals surface area contributed by atoms with E-state index in [1.807, 2.05) is 6.92 Å². The van der Waals surface area contributed by atoms with Crippen molar-refractivity contribution in [2.45, 2.75) is 33.1 Å². The number of aliphatic imine (C=N–C) groups is 1. The Bertz CT molecular complexity index is 226. The molecule has 1 rings (SSSR count). The Balaban J connectivity index is 2.58. The highest BCUT2D eigenvalue weighted by Gasteiger charge is 2.14. The van der Waals surface area contributed by atoms with Crippen molar-refractivity contribution in [1.29, 1.82) is 0 Å². The minimum atomic E-state index is -0.0315. The van der Waals surface area contributed by atoms with Crippen molar-refractivity contribution in [2.75, 3.05) is 0 Å². The standard InChI is InChI=1S/C9H13NO/c1-3-4-5-8-7(2)6-10-9(8)11/h6H,3-5H2,1-2H3. The summed E-state index contributed by atoms with van der Waals surface area (Å²) < 4.78 is 0. The summed E-state index contributed by atoms with van der Waals surface area (Å²) in [5.41, 5.74) is 1.95. The van der Waals surface area contributed by atoms with Gasteiger partial charge in [0.05, 0.1) is 0 Å². The first kappa shape index (κ1) is 8.18. The number of allylic oxidation sites excluding steroid dienone is 1. The van der Waals surface area contributed by atoms with Gasteiger partial charge in [0.2, 0.25) is 0 Å². The van der Waals surface area contributed by atoms with Crippen LogP contribution in [0.25, 0.3) is 0 Å². The largest absolute Gasteiger partial charge is 0.273 e. The summed E-state index contributed by atoms with van der Waals surface area (Å²) in [7, 11) is 0. The highest BCUT2D eigenvalue weighted by molar-refractivity contribution is 6.10. The predicted molar refractivity (Wildman–Crippen MR) is 45.7 cm³/mol. The molecule has 0 N–H and O–H groups in total. The normalized spacial score (nSPS) is 16.7. The molecule has 60 valence electrons. The van der Waals surface area contributed by atoms with Crippen molar-refractivity contribution in [3.63, 3.8) is 0 Å². The van der Waals surface area contributed by atoms with Gasteiger partial charge in [-0.1, -0.05) is 13.3 Å². The smallest absolute Gasteiger partial charge is 0.267 e. The van der Waals surface area contributed by atoms with E-state index in [0.29, 0.717) is 0 Å². The molecule has 2 nitrogen and oxygen atoms in total. The minimum Gasteiger partial charge on any atom is -0.267 e. The number of rotatable bonds is 3. The second-order valence-electron chi connectivity index (χ2n) is 2.83. The molecule has 0 unspecified atom stereocenters. The van der Waals surface area contributed by atoms with Crippen LogP contribution in [0.5, 0.6) is 0 Å². The van der Waals surface area contributed by atoms with Crippen LogP contribution in [0.3, 0.4) is 0 Å². The monoisotopic (exact) mass is 151 g/mol. The molecule has 11 heavy (non-hydrogen) atoms. The molecule has 0 radical (unpaired) electrons. The molecule has 0 atom stereocenters. The van der Waals surface area contributed by atoms with Gasteiger partial charge in [-0.25, -0.2) is 4.99 Å². The maximum Gasteiger partial charge on any atom is 0.273 e. The van der Waals surface area contributed by atoms with Crippen molar-refractivity contribution in [2.24, 2.45) is 4.99 Å². The van der Waals surface area contributed by atoms with Crippen LogP contribution in [-0.4, -0.2) is 12.1 Å². The van der Waals surface area contributed by atoms with E-state index in [9.17, 15) is 4.79 Å².